The molecular weight excluding hydrogens is 366 g/mol. The van der Waals surface area contributed by atoms with Gasteiger partial charge in [-0.25, -0.2) is 9.78 Å². The summed E-state index contributed by atoms with van der Waals surface area (Å²) in [4.78, 5) is 33.3. The van der Waals surface area contributed by atoms with Gasteiger partial charge in [0.05, 0.1) is 32.8 Å². The van der Waals surface area contributed by atoms with Crippen LogP contribution in [0.25, 0.3) is 11.2 Å². The Labute approximate surface area is 152 Å². The predicted octanol–water partition coefficient (Wildman–Crippen LogP) is -1.80. The number of aliphatic hydroxyl groups excluding tert-OH is 2. The number of nitrogens with one attached hydrogen (secondary N) is 1. The number of ether oxygens (including phenoxy) is 4. The van der Waals surface area contributed by atoms with Crippen molar-refractivity contribution in [2.45, 2.75) is 12.8 Å². The van der Waals surface area contributed by atoms with Crippen LogP contribution in [0.2, 0.25) is 0 Å². The molecule has 0 aliphatic heterocycles. The molecule has 2 heterocycles. The van der Waals surface area contributed by atoms with Gasteiger partial charge in [-0.15, -0.1) is 0 Å². The molecule has 1 atom stereocenters. The van der Waals surface area contributed by atoms with Gasteiger partial charge in [-0.3, -0.25) is 14.3 Å². The van der Waals surface area contributed by atoms with Gasteiger partial charge in [-0.1, -0.05) is 0 Å². The Morgan fingerprint density at radius 1 is 1.30 bits per heavy atom. The van der Waals surface area contributed by atoms with Crippen LogP contribution in [0.15, 0.2) is 11.1 Å². The molecule has 0 aromatic carbocycles. The van der Waals surface area contributed by atoms with Crippen molar-refractivity contribution in [2.24, 2.45) is 0 Å². The molecular formula is C14H21N5O8. The van der Waals surface area contributed by atoms with Crippen molar-refractivity contribution >= 4 is 23.3 Å². The van der Waals surface area contributed by atoms with E-state index in [0.717, 1.165) is 0 Å². The number of H-pyrrole nitrogens is 1. The van der Waals surface area contributed by atoms with Gasteiger partial charge in [-0.2, -0.15) is 4.98 Å². The van der Waals surface area contributed by atoms with Crippen molar-refractivity contribution in [2.75, 3.05) is 45.4 Å². The summed E-state index contributed by atoms with van der Waals surface area (Å²) in [6.45, 7) is -0.669. The molecule has 2 rings (SSSR count). The lowest BCUT2D eigenvalue weighted by atomic mass is 10.4. The van der Waals surface area contributed by atoms with Crippen molar-refractivity contribution in [1.29, 1.82) is 0 Å². The van der Waals surface area contributed by atoms with Crippen molar-refractivity contribution in [1.82, 2.24) is 19.5 Å². The average Bonchev–Trinajstić information content (AvgIpc) is 3.05. The highest BCUT2D eigenvalue weighted by Gasteiger charge is 2.15. The number of fused-ring (bicyclic) bond motifs is 1. The Balaban J connectivity index is 1.79. The van der Waals surface area contributed by atoms with E-state index in [1.54, 1.807) is 0 Å². The summed E-state index contributed by atoms with van der Waals surface area (Å²) in [5.74, 6) is -0.0676. The normalized spacial score (nSPS) is 12.2. The molecule has 0 spiro atoms. The maximum absolute atomic E-state index is 11.7. The SMILES string of the molecule is Nc1nc2c(ncn2COC(CO)COC(=O)OCCOCCO)c(=O)[nH]1. The third-order valence-corrected chi connectivity index (χ3v) is 3.22. The molecule has 13 heteroatoms. The third-order valence-electron chi connectivity index (χ3n) is 3.22. The van der Waals surface area contributed by atoms with E-state index in [9.17, 15) is 14.7 Å². The highest BCUT2D eigenvalue weighted by molar-refractivity contribution is 5.70. The summed E-state index contributed by atoms with van der Waals surface area (Å²) < 4.78 is 21.3. The summed E-state index contributed by atoms with van der Waals surface area (Å²) >= 11 is 0. The number of aromatic nitrogens is 4. The highest BCUT2D eigenvalue weighted by atomic mass is 16.7. The highest BCUT2D eigenvalue weighted by Crippen LogP contribution is 2.07. The standard InChI is InChI=1S/C14H21N5O8/c15-13-17-11-10(12(22)18-13)16-7-19(11)8-27-9(5-21)6-26-14(23)25-4-3-24-2-1-20/h7,9,20-21H,1-6,8H2,(H3,15,17,18,22). The van der Waals surface area contributed by atoms with Gasteiger partial charge >= 0.3 is 6.16 Å². The number of aliphatic hydroxyl groups is 2. The molecule has 0 bridgehead atoms. The van der Waals surface area contributed by atoms with Crippen molar-refractivity contribution in [3.63, 3.8) is 0 Å². The molecule has 27 heavy (non-hydrogen) atoms. The van der Waals surface area contributed by atoms with Gasteiger partial charge in [0.2, 0.25) is 5.95 Å². The topological polar surface area (TPSA) is 184 Å². The summed E-state index contributed by atoms with van der Waals surface area (Å²) in [6, 6.07) is 0. The average molecular weight is 387 g/mol. The number of anilines is 1. The Morgan fingerprint density at radius 3 is 2.85 bits per heavy atom. The second-order valence-corrected chi connectivity index (χ2v) is 5.18. The van der Waals surface area contributed by atoms with Crippen LogP contribution in [-0.4, -0.2) is 81.6 Å². The van der Waals surface area contributed by atoms with Gasteiger partial charge in [0.15, 0.2) is 11.2 Å². The number of imidazole rings is 1. The third kappa shape index (κ3) is 6.18. The second-order valence-electron chi connectivity index (χ2n) is 5.18. The predicted molar refractivity (Wildman–Crippen MR) is 89.7 cm³/mol. The first-order valence-corrected chi connectivity index (χ1v) is 7.96. The van der Waals surface area contributed by atoms with E-state index in [1.165, 1.54) is 10.9 Å². The number of carbonyl (C=O) groups excluding carboxylic acids is 1. The maximum Gasteiger partial charge on any atom is 0.508 e. The summed E-state index contributed by atoms with van der Waals surface area (Å²) in [6.07, 6.45) is -0.443. The zero-order valence-electron chi connectivity index (χ0n) is 14.4. The lowest BCUT2D eigenvalue weighted by Gasteiger charge is -2.16. The smallest absolute Gasteiger partial charge is 0.432 e. The first-order valence-electron chi connectivity index (χ1n) is 7.96. The van der Waals surface area contributed by atoms with Crippen LogP contribution < -0.4 is 11.3 Å². The van der Waals surface area contributed by atoms with E-state index in [-0.39, 0.29) is 56.9 Å². The number of nitrogen functional groups attached to an aromatic ring is 1. The summed E-state index contributed by atoms with van der Waals surface area (Å²) in [7, 11) is 0. The van der Waals surface area contributed by atoms with Crippen molar-refractivity contribution in [3.05, 3.63) is 16.7 Å². The van der Waals surface area contributed by atoms with Gasteiger partial charge in [-0.05, 0) is 0 Å². The maximum atomic E-state index is 11.7. The van der Waals surface area contributed by atoms with Gasteiger partial charge in [0.1, 0.15) is 26.0 Å². The van der Waals surface area contributed by atoms with E-state index >= 15 is 0 Å². The van der Waals surface area contributed by atoms with Crippen LogP contribution in [-0.2, 0) is 25.7 Å². The lowest BCUT2D eigenvalue weighted by Crippen LogP contribution is -2.27. The number of nitrogens with two attached hydrogens (primary N) is 1. The molecule has 0 amide bonds. The number of hydrogen-bond donors (Lipinski definition) is 4. The van der Waals surface area contributed by atoms with Crippen LogP contribution >= 0.6 is 0 Å². The van der Waals surface area contributed by atoms with E-state index in [4.69, 9.17) is 29.8 Å². The first kappa shape index (κ1) is 20.6. The number of aromatic amines is 1. The number of carbonyl (C=O) groups is 1. The zero-order valence-corrected chi connectivity index (χ0v) is 14.4. The van der Waals surface area contributed by atoms with E-state index in [2.05, 4.69) is 15.0 Å². The quantitative estimate of drug-likeness (QED) is 0.252. The number of hydrogen-bond acceptors (Lipinski definition) is 11. The molecule has 0 saturated heterocycles. The molecule has 13 nitrogen and oxygen atoms in total. The molecule has 0 saturated carbocycles. The van der Waals surface area contributed by atoms with Crippen LogP contribution in [0.3, 0.4) is 0 Å². The molecule has 150 valence electrons. The second kappa shape index (κ2) is 10.4. The summed E-state index contributed by atoms with van der Waals surface area (Å²) in [5, 5.41) is 17.8. The van der Waals surface area contributed by atoms with E-state index in [1.807, 2.05) is 0 Å². The Bertz CT molecular complexity index is 791. The molecule has 2 aromatic heterocycles. The molecule has 0 radical (unpaired) electrons. The summed E-state index contributed by atoms with van der Waals surface area (Å²) in [5.41, 5.74) is 5.33. The minimum Gasteiger partial charge on any atom is -0.432 e. The minimum absolute atomic E-state index is 0.0356. The van der Waals surface area contributed by atoms with Gasteiger partial charge in [0, 0.05) is 0 Å². The fourth-order valence-electron chi connectivity index (χ4n) is 1.96. The van der Waals surface area contributed by atoms with E-state index < -0.39 is 24.4 Å². The first-order chi connectivity index (χ1) is 13.0. The van der Waals surface area contributed by atoms with Crippen molar-refractivity contribution < 1.29 is 34.0 Å². The van der Waals surface area contributed by atoms with Gasteiger partial charge < -0.3 is 34.9 Å². The van der Waals surface area contributed by atoms with E-state index in [0.29, 0.717) is 0 Å². The van der Waals surface area contributed by atoms with Crippen molar-refractivity contribution in [3.8, 4) is 0 Å². The molecule has 0 aliphatic carbocycles. The fraction of sp³-hybridized carbons (Fsp3) is 0.571. The Morgan fingerprint density at radius 2 is 2.11 bits per heavy atom. The van der Waals surface area contributed by atoms with Gasteiger partial charge in [0.25, 0.3) is 5.56 Å². The molecule has 5 N–H and O–H groups in total. The monoisotopic (exact) mass is 387 g/mol. The molecule has 0 aliphatic rings. The fourth-order valence-corrected chi connectivity index (χ4v) is 1.96. The van der Waals surface area contributed by atoms with Crippen LogP contribution in [0, 0.1) is 0 Å². The number of rotatable bonds is 11. The zero-order chi connectivity index (χ0) is 19.6. The van der Waals surface area contributed by atoms with Crippen LogP contribution in [0.1, 0.15) is 0 Å². The Hall–Kier alpha value is -2.74. The molecule has 2 aromatic rings. The molecule has 0 fully saturated rings. The van der Waals surface area contributed by atoms with Crippen LogP contribution in [0.5, 0.6) is 0 Å². The Kier molecular flexibility index (Phi) is 7.94. The lowest BCUT2D eigenvalue weighted by molar-refractivity contribution is -0.0634. The molecule has 1 unspecified atom stereocenters. The number of nitrogens with zero attached hydrogens (tertiary/aromatic N) is 3. The largest absolute Gasteiger partial charge is 0.508 e. The van der Waals surface area contributed by atoms with Crippen LogP contribution in [0.4, 0.5) is 10.7 Å². The minimum atomic E-state index is -0.946.